The number of rotatable bonds is 3. The first-order chi connectivity index (χ1) is 14.1. The summed E-state index contributed by atoms with van der Waals surface area (Å²) in [5, 5.41) is 0. The van der Waals surface area contributed by atoms with Crippen molar-refractivity contribution in [1.82, 2.24) is 14.7 Å². The molecule has 3 fully saturated rings. The minimum Gasteiger partial charge on any atom is -0.381 e. The van der Waals surface area contributed by atoms with Crippen molar-refractivity contribution in [3.63, 3.8) is 0 Å². The molecular weight excluding hydrogens is 366 g/mol. The van der Waals surface area contributed by atoms with Gasteiger partial charge in [-0.3, -0.25) is 9.69 Å². The third-order valence-corrected chi connectivity index (χ3v) is 7.61. The minimum absolute atomic E-state index is 0.0330. The molecule has 0 N–H and O–H groups in total. The van der Waals surface area contributed by atoms with Crippen LogP contribution >= 0.6 is 0 Å². The van der Waals surface area contributed by atoms with Gasteiger partial charge in [0.15, 0.2) is 0 Å². The number of ether oxygens (including phenoxy) is 1. The lowest BCUT2D eigenvalue weighted by atomic mass is 9.84. The summed E-state index contributed by atoms with van der Waals surface area (Å²) in [5.74, 6) is 0.0498. The van der Waals surface area contributed by atoms with Crippen LogP contribution in [0.25, 0.3) is 0 Å². The molecule has 1 spiro atoms. The zero-order valence-corrected chi connectivity index (χ0v) is 17.3. The van der Waals surface area contributed by atoms with E-state index < -0.39 is 5.54 Å². The van der Waals surface area contributed by atoms with Crippen LogP contribution in [0.4, 0.5) is 4.79 Å². The first kappa shape index (κ1) is 19.1. The zero-order valence-electron chi connectivity index (χ0n) is 17.3. The summed E-state index contributed by atoms with van der Waals surface area (Å²) in [6.07, 6.45) is 5.22. The third-order valence-electron chi connectivity index (χ3n) is 7.61. The molecular formula is C23H31N3O3. The summed E-state index contributed by atoms with van der Waals surface area (Å²) >= 11 is 0. The Bertz CT molecular complexity index is 771. The van der Waals surface area contributed by atoms with Crippen LogP contribution in [0, 0.1) is 0 Å². The molecule has 3 amide bonds. The van der Waals surface area contributed by atoms with E-state index in [0.29, 0.717) is 12.6 Å². The van der Waals surface area contributed by atoms with Crippen LogP contribution in [-0.4, -0.2) is 77.1 Å². The first-order valence-electron chi connectivity index (χ1n) is 11.2. The van der Waals surface area contributed by atoms with Gasteiger partial charge in [-0.2, -0.15) is 0 Å². The maximum atomic E-state index is 13.7. The number of benzene rings is 1. The Balaban J connectivity index is 1.34. The minimum atomic E-state index is -0.637. The fourth-order valence-electron chi connectivity index (χ4n) is 6.01. The van der Waals surface area contributed by atoms with Gasteiger partial charge >= 0.3 is 6.03 Å². The van der Waals surface area contributed by atoms with E-state index >= 15 is 0 Å². The predicted octanol–water partition coefficient (Wildman–Crippen LogP) is 2.45. The molecule has 0 atom stereocenters. The molecule has 5 rings (SSSR count). The number of likely N-dealkylation sites (tertiary alicyclic amines) is 1. The molecule has 1 aromatic carbocycles. The van der Waals surface area contributed by atoms with Gasteiger partial charge in [-0.15, -0.1) is 0 Å². The highest BCUT2D eigenvalue weighted by Crippen LogP contribution is 2.41. The van der Waals surface area contributed by atoms with Gasteiger partial charge < -0.3 is 14.5 Å². The summed E-state index contributed by atoms with van der Waals surface area (Å²) in [4.78, 5) is 33.1. The second-order valence-electron chi connectivity index (χ2n) is 8.94. The van der Waals surface area contributed by atoms with E-state index in [2.05, 4.69) is 17.0 Å². The van der Waals surface area contributed by atoms with E-state index in [-0.39, 0.29) is 18.0 Å². The lowest BCUT2D eigenvalue weighted by Crippen LogP contribution is -2.58. The number of carbonyl (C=O) groups is 2. The topological polar surface area (TPSA) is 53.1 Å². The number of piperidine rings is 1. The number of amides is 3. The molecule has 0 unspecified atom stereocenters. The van der Waals surface area contributed by atoms with Crippen molar-refractivity contribution in [3.05, 3.63) is 35.4 Å². The quantitative estimate of drug-likeness (QED) is 0.736. The van der Waals surface area contributed by atoms with Gasteiger partial charge in [-0.25, -0.2) is 4.79 Å². The SMILES string of the molecule is CCN1C(=O)N(C2Cc3ccccc3C2)C(=O)C12CCN(C1CCOCC1)CC2. The zero-order chi connectivity index (χ0) is 20.0. The van der Waals surface area contributed by atoms with E-state index in [9.17, 15) is 9.59 Å². The maximum absolute atomic E-state index is 13.7. The molecule has 29 heavy (non-hydrogen) atoms. The first-order valence-corrected chi connectivity index (χ1v) is 11.2. The Kier molecular flexibility index (Phi) is 4.87. The summed E-state index contributed by atoms with van der Waals surface area (Å²) in [6.45, 7) is 6.04. The fourth-order valence-corrected chi connectivity index (χ4v) is 6.01. The Morgan fingerprint density at radius 1 is 1.00 bits per heavy atom. The summed E-state index contributed by atoms with van der Waals surface area (Å²) in [7, 11) is 0. The maximum Gasteiger partial charge on any atom is 0.327 e. The Labute approximate surface area is 172 Å². The van der Waals surface area contributed by atoms with E-state index in [1.54, 1.807) is 4.90 Å². The molecule has 1 aliphatic carbocycles. The lowest BCUT2D eigenvalue weighted by molar-refractivity contribution is -0.137. The van der Waals surface area contributed by atoms with Crippen LogP contribution in [0.15, 0.2) is 24.3 Å². The Hall–Kier alpha value is -1.92. The number of urea groups is 1. The predicted molar refractivity (Wildman–Crippen MR) is 110 cm³/mol. The van der Waals surface area contributed by atoms with E-state index in [0.717, 1.165) is 64.8 Å². The average molecular weight is 398 g/mol. The van der Waals surface area contributed by atoms with Gasteiger partial charge in [0.05, 0.1) is 0 Å². The van der Waals surface area contributed by atoms with Crippen molar-refractivity contribution < 1.29 is 14.3 Å². The van der Waals surface area contributed by atoms with Gasteiger partial charge in [0, 0.05) is 44.9 Å². The Morgan fingerprint density at radius 2 is 1.62 bits per heavy atom. The molecule has 156 valence electrons. The van der Waals surface area contributed by atoms with Crippen LogP contribution in [0.1, 0.15) is 43.7 Å². The number of likely N-dealkylation sites (N-methyl/N-ethyl adjacent to an activating group) is 1. The third kappa shape index (κ3) is 2.99. The molecule has 3 saturated heterocycles. The lowest BCUT2D eigenvalue weighted by Gasteiger charge is -2.45. The molecule has 0 bridgehead atoms. The van der Waals surface area contributed by atoms with E-state index in [1.807, 2.05) is 24.0 Å². The smallest absolute Gasteiger partial charge is 0.327 e. The van der Waals surface area contributed by atoms with Crippen molar-refractivity contribution in [2.75, 3.05) is 32.8 Å². The van der Waals surface area contributed by atoms with Crippen molar-refractivity contribution in [2.24, 2.45) is 0 Å². The molecule has 0 radical (unpaired) electrons. The van der Waals surface area contributed by atoms with Crippen molar-refractivity contribution in [3.8, 4) is 0 Å². The number of imide groups is 1. The molecule has 1 aromatic rings. The van der Waals surface area contributed by atoms with Crippen LogP contribution in [0.3, 0.4) is 0 Å². The number of nitrogens with zero attached hydrogens (tertiary/aromatic N) is 3. The molecule has 0 aromatic heterocycles. The number of hydrogen-bond donors (Lipinski definition) is 0. The second-order valence-corrected chi connectivity index (χ2v) is 8.94. The van der Waals surface area contributed by atoms with E-state index in [1.165, 1.54) is 11.1 Å². The highest BCUT2D eigenvalue weighted by Gasteiger charge is 2.59. The van der Waals surface area contributed by atoms with Gasteiger partial charge in [0.1, 0.15) is 5.54 Å². The van der Waals surface area contributed by atoms with Crippen LogP contribution in [0.2, 0.25) is 0 Å². The average Bonchev–Trinajstić information content (AvgIpc) is 3.26. The molecule has 3 aliphatic heterocycles. The summed E-state index contributed by atoms with van der Waals surface area (Å²) < 4.78 is 5.51. The van der Waals surface area contributed by atoms with Gasteiger partial charge in [-0.1, -0.05) is 24.3 Å². The number of hydrogen-bond acceptors (Lipinski definition) is 4. The normalized spacial score (nSPS) is 26.0. The molecule has 4 aliphatic rings. The Morgan fingerprint density at radius 3 is 2.21 bits per heavy atom. The highest BCUT2D eigenvalue weighted by molar-refractivity contribution is 6.07. The van der Waals surface area contributed by atoms with Crippen molar-refractivity contribution >= 4 is 11.9 Å². The van der Waals surface area contributed by atoms with Crippen LogP contribution in [-0.2, 0) is 22.4 Å². The van der Waals surface area contributed by atoms with Crippen LogP contribution < -0.4 is 0 Å². The molecule has 0 saturated carbocycles. The van der Waals surface area contributed by atoms with Gasteiger partial charge in [0.2, 0.25) is 0 Å². The number of fused-ring (bicyclic) bond motifs is 1. The standard InChI is InChI=1S/C23H31N3O3/c1-2-25-22(28)26(20-15-17-5-3-4-6-18(17)16-20)21(27)23(25)9-11-24(12-10-23)19-7-13-29-14-8-19/h3-6,19-20H,2,7-16H2,1H3. The molecule has 3 heterocycles. The monoisotopic (exact) mass is 397 g/mol. The molecule has 6 heteroatoms. The van der Waals surface area contributed by atoms with Crippen molar-refractivity contribution in [2.45, 2.75) is 63.1 Å². The van der Waals surface area contributed by atoms with Gasteiger partial charge in [0.25, 0.3) is 5.91 Å². The van der Waals surface area contributed by atoms with Crippen LogP contribution in [0.5, 0.6) is 0 Å². The van der Waals surface area contributed by atoms with Gasteiger partial charge in [-0.05, 0) is 56.6 Å². The number of carbonyl (C=O) groups excluding carboxylic acids is 2. The summed E-state index contributed by atoms with van der Waals surface area (Å²) in [5.41, 5.74) is 1.91. The van der Waals surface area contributed by atoms with E-state index in [4.69, 9.17) is 4.74 Å². The summed E-state index contributed by atoms with van der Waals surface area (Å²) in [6, 6.07) is 8.79. The highest BCUT2D eigenvalue weighted by atomic mass is 16.5. The largest absolute Gasteiger partial charge is 0.381 e. The second kappa shape index (κ2) is 7.40. The van der Waals surface area contributed by atoms with Crippen molar-refractivity contribution in [1.29, 1.82) is 0 Å². The molecule has 6 nitrogen and oxygen atoms in total. The fraction of sp³-hybridized carbons (Fsp3) is 0.652.